The number of aliphatic hydroxyl groups is 1. The van der Waals surface area contributed by atoms with Crippen LogP contribution in [0.4, 0.5) is 0 Å². The number of aromatic hydroxyl groups is 1. The molecule has 2 aliphatic rings. The quantitative estimate of drug-likeness (QED) is 0.672. The number of hydrogen-bond acceptors (Lipinski definition) is 5. The summed E-state index contributed by atoms with van der Waals surface area (Å²) in [6.45, 7) is 4.14. The van der Waals surface area contributed by atoms with Crippen molar-refractivity contribution in [3.8, 4) is 5.75 Å². The molecule has 1 amide bonds. The van der Waals surface area contributed by atoms with Crippen LogP contribution in [0, 0.1) is 5.92 Å². The first-order valence-corrected chi connectivity index (χ1v) is 11.1. The lowest BCUT2D eigenvalue weighted by Gasteiger charge is -2.24. The van der Waals surface area contributed by atoms with Gasteiger partial charge in [0.15, 0.2) is 11.0 Å². The number of para-hydroxylation sites is 1. The third-order valence-corrected chi connectivity index (χ3v) is 6.15. The standard InChI is InChI=1S/C19H21ClN2O4S.C2H6/c20-15-5-3-6-16(9-8-15)27(26)22-12-18(24)21-11-14(19(22)25)10-13-4-1-2-7-17(13)23;1-2/h1-2,4-9,14,18,21,23-24H,3,10-12H2;1-2H3. The normalized spacial score (nSPS) is 23.2. The van der Waals surface area contributed by atoms with Crippen LogP contribution in [0.25, 0.3) is 0 Å². The highest BCUT2D eigenvalue weighted by Crippen LogP contribution is 2.24. The van der Waals surface area contributed by atoms with Gasteiger partial charge >= 0.3 is 0 Å². The second-order valence-electron chi connectivity index (χ2n) is 6.37. The number of carbonyl (C=O) groups excluding carboxylic acids is 1. The fraction of sp³-hybridized carbons (Fsp3) is 0.381. The van der Waals surface area contributed by atoms with Gasteiger partial charge in [0.05, 0.1) is 17.4 Å². The highest BCUT2D eigenvalue weighted by Gasteiger charge is 2.34. The number of phenols is 1. The van der Waals surface area contributed by atoms with E-state index < -0.39 is 23.1 Å². The van der Waals surface area contributed by atoms with Crippen LogP contribution in [0.1, 0.15) is 25.8 Å². The van der Waals surface area contributed by atoms with Gasteiger partial charge in [0.2, 0.25) is 5.91 Å². The number of nitrogens with zero attached hydrogens (tertiary/aromatic N) is 1. The number of benzene rings is 1. The van der Waals surface area contributed by atoms with Crippen molar-refractivity contribution in [2.24, 2.45) is 5.92 Å². The van der Waals surface area contributed by atoms with Gasteiger partial charge in [-0.2, -0.15) is 0 Å². The summed E-state index contributed by atoms with van der Waals surface area (Å²) in [5.41, 5.74) is 0.629. The van der Waals surface area contributed by atoms with Crippen molar-refractivity contribution in [1.82, 2.24) is 9.62 Å². The van der Waals surface area contributed by atoms with Gasteiger partial charge in [-0.1, -0.05) is 55.8 Å². The summed E-state index contributed by atoms with van der Waals surface area (Å²) >= 11 is 5.97. The molecule has 0 spiro atoms. The molecule has 0 aromatic heterocycles. The van der Waals surface area contributed by atoms with Gasteiger partial charge in [0.1, 0.15) is 12.0 Å². The fourth-order valence-corrected chi connectivity index (χ4v) is 4.40. The highest BCUT2D eigenvalue weighted by atomic mass is 35.5. The number of phenolic OH excluding ortho intramolecular Hbond substituents is 1. The first-order valence-electron chi connectivity index (χ1n) is 9.61. The zero-order chi connectivity index (χ0) is 21.4. The maximum atomic E-state index is 13.1. The van der Waals surface area contributed by atoms with Crippen molar-refractivity contribution in [3.63, 3.8) is 0 Å². The fourth-order valence-electron chi connectivity index (χ4n) is 2.98. The van der Waals surface area contributed by atoms with Crippen LogP contribution < -0.4 is 5.32 Å². The molecule has 6 nitrogen and oxygen atoms in total. The lowest BCUT2D eigenvalue weighted by atomic mass is 9.98. The molecule has 0 bridgehead atoms. The van der Waals surface area contributed by atoms with Crippen molar-refractivity contribution in [2.75, 3.05) is 13.1 Å². The maximum Gasteiger partial charge on any atom is 0.239 e. The van der Waals surface area contributed by atoms with Crippen molar-refractivity contribution in [3.05, 3.63) is 64.1 Å². The molecule has 0 radical (unpaired) electrons. The molecule has 1 aromatic rings. The van der Waals surface area contributed by atoms with Gasteiger partial charge in [-0.15, -0.1) is 0 Å². The maximum absolute atomic E-state index is 13.1. The number of carbonyl (C=O) groups is 1. The Labute approximate surface area is 179 Å². The van der Waals surface area contributed by atoms with Crippen LogP contribution >= 0.6 is 11.6 Å². The van der Waals surface area contributed by atoms with E-state index in [2.05, 4.69) is 5.32 Å². The summed E-state index contributed by atoms with van der Waals surface area (Å²) in [5.74, 6) is -0.785. The Hall–Kier alpha value is -1.93. The molecule has 1 heterocycles. The number of aliphatic hydroxyl groups excluding tert-OH is 1. The third-order valence-electron chi connectivity index (χ3n) is 4.43. The number of amides is 1. The number of allylic oxidation sites excluding steroid dienone is 5. The van der Waals surface area contributed by atoms with Crippen LogP contribution in [-0.2, 0) is 22.2 Å². The van der Waals surface area contributed by atoms with Crippen LogP contribution in [0.2, 0.25) is 0 Å². The molecule has 8 heteroatoms. The molecule has 29 heavy (non-hydrogen) atoms. The van der Waals surface area contributed by atoms with E-state index in [0.29, 0.717) is 21.9 Å². The topological polar surface area (TPSA) is 89.9 Å². The Morgan fingerprint density at radius 3 is 2.69 bits per heavy atom. The molecule has 3 rings (SSSR count). The van der Waals surface area contributed by atoms with E-state index in [1.165, 1.54) is 4.31 Å². The molecule has 1 aromatic carbocycles. The number of hydrogen-bond donors (Lipinski definition) is 3. The second-order valence-corrected chi connectivity index (χ2v) is 8.21. The number of β-amino-alcohol motifs (C(OH)–C–C–N with tert-alkyl or cyclic N) is 1. The Kier molecular flexibility index (Phi) is 9.10. The van der Waals surface area contributed by atoms with Gasteiger partial charge in [-0.3, -0.25) is 14.4 Å². The lowest BCUT2D eigenvalue weighted by molar-refractivity contribution is -0.129. The Bertz CT molecular complexity index is 838. The van der Waals surface area contributed by atoms with Crippen LogP contribution in [0.15, 0.2) is 58.5 Å². The average molecular weight is 439 g/mol. The first kappa shape index (κ1) is 23.3. The van der Waals surface area contributed by atoms with E-state index in [1.807, 2.05) is 13.8 Å². The molecule has 1 aliphatic heterocycles. The SMILES string of the molecule is CC.O=C1C(Cc2ccccc2O)CNC(O)CN1S(=O)C1=CCC=C(Cl)C=C1. The van der Waals surface area contributed by atoms with Gasteiger partial charge < -0.3 is 10.2 Å². The zero-order valence-electron chi connectivity index (χ0n) is 16.5. The average Bonchev–Trinajstić information content (AvgIpc) is 3.02. The minimum Gasteiger partial charge on any atom is -0.508 e. The summed E-state index contributed by atoms with van der Waals surface area (Å²) in [6.07, 6.45) is 6.59. The van der Waals surface area contributed by atoms with E-state index in [9.17, 15) is 19.2 Å². The molecule has 1 aliphatic carbocycles. The molecular formula is C21H27ClN2O4S. The van der Waals surface area contributed by atoms with Crippen LogP contribution in [-0.4, -0.2) is 44.0 Å². The first-order chi connectivity index (χ1) is 14.0. The second kappa shape index (κ2) is 11.3. The molecule has 3 N–H and O–H groups in total. The summed E-state index contributed by atoms with van der Waals surface area (Å²) < 4.78 is 14.2. The van der Waals surface area contributed by atoms with Crippen molar-refractivity contribution < 1.29 is 19.2 Å². The molecule has 3 atom stereocenters. The predicted octanol–water partition coefficient (Wildman–Crippen LogP) is 2.96. The Morgan fingerprint density at radius 2 is 1.97 bits per heavy atom. The molecule has 158 valence electrons. The summed E-state index contributed by atoms with van der Waals surface area (Å²) in [4.78, 5) is 13.5. The predicted molar refractivity (Wildman–Crippen MR) is 116 cm³/mol. The minimum absolute atomic E-state index is 0.0882. The molecule has 0 saturated carbocycles. The third kappa shape index (κ3) is 6.27. The van der Waals surface area contributed by atoms with Gasteiger partial charge in [0, 0.05) is 11.6 Å². The van der Waals surface area contributed by atoms with E-state index in [4.69, 9.17) is 11.6 Å². The monoisotopic (exact) mass is 438 g/mol. The zero-order valence-corrected chi connectivity index (χ0v) is 18.1. The summed E-state index contributed by atoms with van der Waals surface area (Å²) in [7, 11) is -1.76. The van der Waals surface area contributed by atoms with Gasteiger partial charge in [-0.05, 0) is 36.6 Å². The molecule has 1 saturated heterocycles. The van der Waals surface area contributed by atoms with Crippen LogP contribution in [0.5, 0.6) is 5.75 Å². The van der Waals surface area contributed by atoms with Crippen LogP contribution in [0.3, 0.4) is 0 Å². The van der Waals surface area contributed by atoms with Crippen molar-refractivity contribution in [2.45, 2.75) is 32.9 Å². The van der Waals surface area contributed by atoms with Crippen molar-refractivity contribution >= 4 is 28.5 Å². The number of rotatable bonds is 4. The smallest absolute Gasteiger partial charge is 0.239 e. The molecule has 3 unspecified atom stereocenters. The minimum atomic E-state index is -1.76. The Balaban J connectivity index is 0.00000145. The number of nitrogens with one attached hydrogen (secondary N) is 1. The van der Waals surface area contributed by atoms with Crippen molar-refractivity contribution in [1.29, 1.82) is 0 Å². The highest BCUT2D eigenvalue weighted by molar-refractivity contribution is 7.87. The van der Waals surface area contributed by atoms with Gasteiger partial charge in [0.25, 0.3) is 0 Å². The largest absolute Gasteiger partial charge is 0.508 e. The summed E-state index contributed by atoms with van der Waals surface area (Å²) in [6, 6.07) is 6.80. The Morgan fingerprint density at radius 1 is 1.24 bits per heavy atom. The van der Waals surface area contributed by atoms with E-state index >= 15 is 0 Å². The lowest BCUT2D eigenvalue weighted by Crippen LogP contribution is -2.41. The molecule has 1 fully saturated rings. The molecular weight excluding hydrogens is 412 g/mol. The summed E-state index contributed by atoms with van der Waals surface area (Å²) in [5, 5.41) is 23.5. The van der Waals surface area contributed by atoms with E-state index in [1.54, 1.807) is 48.6 Å². The van der Waals surface area contributed by atoms with E-state index in [0.717, 1.165) is 0 Å². The number of halogens is 1. The van der Waals surface area contributed by atoms with E-state index in [-0.39, 0.29) is 31.2 Å². The van der Waals surface area contributed by atoms with Gasteiger partial charge in [-0.25, -0.2) is 4.21 Å².